The van der Waals surface area contributed by atoms with Gasteiger partial charge in [-0.05, 0) is 69.0 Å². The Labute approximate surface area is 429 Å². The molecule has 1 aromatic heterocycles. The molecular weight excluding hydrogens is 1070 g/mol. The molecule has 6 rings (SSSR count). The summed E-state index contributed by atoms with van der Waals surface area (Å²) in [6.45, 7) is 2.92. The third kappa shape index (κ3) is 14.7. The molecule has 0 spiro atoms. The number of nitrogen functional groups attached to an aromatic ring is 1. The van der Waals surface area contributed by atoms with Gasteiger partial charge in [0.05, 0.1) is 18.9 Å². The maximum Gasteiger partial charge on any atom is 0.472 e. The van der Waals surface area contributed by atoms with Crippen LogP contribution in [0, 0.1) is 0 Å². The van der Waals surface area contributed by atoms with Gasteiger partial charge in [0.1, 0.15) is 45.7 Å². The molecule has 0 radical (unpaired) electrons. The van der Waals surface area contributed by atoms with Crippen molar-refractivity contribution in [2.45, 2.75) is 86.7 Å². The summed E-state index contributed by atoms with van der Waals surface area (Å²) in [6, 6.07) is 13.1. The molecule has 410 valence electrons. The molecule has 2 aromatic carbocycles. The van der Waals surface area contributed by atoms with E-state index in [-0.39, 0.29) is 102 Å². The molecule has 31 heteroatoms. The Morgan fingerprint density at radius 3 is 2.35 bits per heavy atom. The maximum absolute atomic E-state index is 14.2. The number of nitrogens with two attached hydrogens (primary N) is 1. The Balaban J connectivity index is 1.04. The average molecular weight is 1130 g/mol. The van der Waals surface area contributed by atoms with Gasteiger partial charge in [0.25, 0.3) is 5.91 Å². The number of nitrogens with one attached hydrogen (secondary N) is 3. The number of phosphoric acid groups is 2. The zero-order valence-corrected chi connectivity index (χ0v) is 44.0. The van der Waals surface area contributed by atoms with Crippen molar-refractivity contribution in [2.75, 3.05) is 57.5 Å². The Morgan fingerprint density at radius 1 is 0.960 bits per heavy atom. The van der Waals surface area contributed by atoms with E-state index in [0.29, 0.717) is 19.3 Å². The smallest absolute Gasteiger partial charge is 0.472 e. The van der Waals surface area contributed by atoms with E-state index in [1.165, 1.54) is 48.3 Å². The van der Waals surface area contributed by atoms with E-state index in [1.54, 1.807) is 32.0 Å². The van der Waals surface area contributed by atoms with Gasteiger partial charge < -0.3 is 54.8 Å². The highest BCUT2D eigenvalue weighted by Crippen LogP contribution is 2.50. The van der Waals surface area contributed by atoms with Gasteiger partial charge in [-0.15, -0.1) is 0 Å². The first-order chi connectivity index (χ1) is 35.3. The lowest BCUT2D eigenvalue weighted by Crippen LogP contribution is -2.76. The summed E-state index contributed by atoms with van der Waals surface area (Å²) < 4.78 is 126. The number of fused-ring (bicyclic) bond motifs is 2. The summed E-state index contributed by atoms with van der Waals surface area (Å²) in [6.07, 6.45) is -3.57. The monoisotopic (exact) mass is 1130 g/mol. The summed E-state index contributed by atoms with van der Waals surface area (Å²) in [5, 5.41) is 16.5. The number of carbonyl (C=O) groups is 2. The first kappa shape index (κ1) is 58.8. The molecule has 27 nitrogen and oxygen atoms in total. The van der Waals surface area contributed by atoms with Gasteiger partial charge in [-0.2, -0.15) is 13.4 Å². The zero-order chi connectivity index (χ0) is 55.0. The van der Waals surface area contributed by atoms with Crippen molar-refractivity contribution in [3.05, 3.63) is 82.2 Å². The summed E-state index contributed by atoms with van der Waals surface area (Å²) in [4.78, 5) is 74.4. The van der Waals surface area contributed by atoms with Crippen molar-refractivity contribution < 1.29 is 92.2 Å². The topological polar surface area (TPSA) is 413 Å². The van der Waals surface area contributed by atoms with Crippen molar-refractivity contribution in [1.82, 2.24) is 19.8 Å². The third-order valence-corrected chi connectivity index (χ3v) is 15.0. The molecule has 1 aliphatic carbocycles. The maximum atomic E-state index is 14.2. The first-order valence-electron chi connectivity index (χ1n) is 23.2. The molecule has 3 aliphatic rings. The SMILES string of the molecule is CCNc1ccc2c(-c3ccccc3C(=O)N(C)CCCC(=O)NCCCCCCOP(=O)(O)O[C@H]3[C@@H](O)[C@H](n4ccc(N)nc4=O)O[C@@H]3COP(=O)(O)O)c3ccc(=[NH+]CC)c(S(=O)(=O)O)c-3oc2c1S(=O)(=O)[O-]. The Kier molecular flexibility index (Phi) is 19.3. The van der Waals surface area contributed by atoms with Crippen molar-refractivity contribution >= 4 is 70.2 Å². The van der Waals surface area contributed by atoms with Crippen LogP contribution >= 0.6 is 15.6 Å². The average Bonchev–Trinajstić information content (AvgIpc) is 3.62. The van der Waals surface area contributed by atoms with Crippen LogP contribution in [0.4, 0.5) is 11.5 Å². The Morgan fingerprint density at radius 2 is 1.68 bits per heavy atom. The highest BCUT2D eigenvalue weighted by Gasteiger charge is 2.50. The van der Waals surface area contributed by atoms with Crippen LogP contribution in [-0.4, -0.2) is 137 Å². The molecule has 0 saturated carbocycles. The number of benzene rings is 3. The van der Waals surface area contributed by atoms with Crippen LogP contribution in [0.1, 0.15) is 69.0 Å². The van der Waals surface area contributed by atoms with Crippen LogP contribution < -0.4 is 32.4 Å². The van der Waals surface area contributed by atoms with Gasteiger partial charge in [0.2, 0.25) is 16.2 Å². The quantitative estimate of drug-likeness (QED) is 0.0170. The predicted octanol–water partition coefficient (Wildman–Crippen LogP) is 1.03. The number of aliphatic hydroxyl groups excluding tert-OH is 1. The minimum absolute atomic E-state index is 0.0306. The van der Waals surface area contributed by atoms with E-state index in [9.17, 15) is 59.5 Å². The second kappa shape index (κ2) is 24.7. The number of aromatic nitrogens is 2. The normalized spacial score (nSPS) is 18.3. The lowest BCUT2D eigenvalue weighted by molar-refractivity contribution is -0.498. The number of ether oxygens (including phenoxy) is 1. The molecule has 3 heterocycles. The number of hydrogen-bond acceptors (Lipinski definition) is 19. The summed E-state index contributed by atoms with van der Waals surface area (Å²) in [5.74, 6) is -1.46. The van der Waals surface area contributed by atoms with Crippen LogP contribution in [-0.2, 0) is 52.5 Å². The number of anilines is 2. The fraction of sp³-hybridized carbons (Fsp3) is 0.432. The summed E-state index contributed by atoms with van der Waals surface area (Å²) >= 11 is 0. The summed E-state index contributed by atoms with van der Waals surface area (Å²) in [5.41, 5.74) is 4.38. The van der Waals surface area contributed by atoms with Crippen LogP contribution in [0.25, 0.3) is 33.4 Å². The minimum Gasteiger partial charge on any atom is -0.744 e. The molecule has 10 N–H and O–H groups in total. The second-order valence-electron chi connectivity index (χ2n) is 17.0. The molecular formula is C44H57N7O20P2S2. The zero-order valence-electron chi connectivity index (χ0n) is 40.6. The molecule has 1 unspecified atom stereocenters. The van der Waals surface area contributed by atoms with E-state index in [2.05, 4.69) is 25.1 Å². The largest absolute Gasteiger partial charge is 0.744 e. The number of carbonyl (C=O) groups excluding carboxylic acids is 2. The van der Waals surface area contributed by atoms with Crippen LogP contribution in [0.3, 0.4) is 0 Å². The van der Waals surface area contributed by atoms with Crippen LogP contribution in [0.5, 0.6) is 0 Å². The van der Waals surface area contributed by atoms with Crippen LogP contribution in [0.15, 0.2) is 79.8 Å². The summed E-state index contributed by atoms with van der Waals surface area (Å²) in [7, 11) is -18.9. The molecule has 2 aliphatic heterocycles. The highest BCUT2D eigenvalue weighted by atomic mass is 32.2. The molecule has 0 bridgehead atoms. The Hall–Kier alpha value is -5.49. The van der Waals surface area contributed by atoms with Gasteiger partial charge in [0, 0.05) is 67.4 Å². The fourth-order valence-corrected chi connectivity index (χ4v) is 11.3. The van der Waals surface area contributed by atoms with Crippen molar-refractivity contribution in [1.29, 1.82) is 0 Å². The van der Waals surface area contributed by atoms with E-state index in [1.807, 2.05) is 0 Å². The molecule has 1 saturated heterocycles. The van der Waals surface area contributed by atoms with Crippen molar-refractivity contribution in [2.24, 2.45) is 0 Å². The number of unbranched alkanes of at least 4 members (excludes halogenated alkanes) is 3. The van der Waals surface area contributed by atoms with Gasteiger partial charge in [-0.1, -0.05) is 31.0 Å². The molecule has 3 aromatic rings. The van der Waals surface area contributed by atoms with Gasteiger partial charge >= 0.3 is 31.5 Å². The lowest BCUT2D eigenvalue weighted by atomic mass is 9.90. The lowest BCUT2D eigenvalue weighted by Gasteiger charge is -2.23. The van der Waals surface area contributed by atoms with E-state index in [0.717, 1.165) is 10.8 Å². The minimum atomic E-state index is -5.31. The number of nitrogens with zero attached hydrogens (tertiary/aromatic N) is 3. The van der Waals surface area contributed by atoms with E-state index in [4.69, 9.17) is 33.7 Å². The van der Waals surface area contributed by atoms with Crippen molar-refractivity contribution in [3.8, 4) is 22.5 Å². The van der Waals surface area contributed by atoms with Crippen molar-refractivity contribution in [3.63, 3.8) is 0 Å². The molecule has 75 heavy (non-hydrogen) atoms. The first-order valence-corrected chi connectivity index (χ1v) is 29.1. The van der Waals surface area contributed by atoms with E-state index >= 15 is 0 Å². The molecule has 2 amide bonds. The fourth-order valence-electron chi connectivity index (χ4n) is 8.36. The molecule has 1 fully saturated rings. The van der Waals surface area contributed by atoms with E-state index < -0.39 is 99.8 Å². The van der Waals surface area contributed by atoms with Gasteiger partial charge in [-0.3, -0.25) is 32.3 Å². The number of phosphoric ester groups is 2. The number of amides is 2. The molecule has 5 atom stereocenters. The predicted molar refractivity (Wildman–Crippen MR) is 264 cm³/mol. The number of hydrogen-bond donors (Lipinski definition) is 9. The number of rotatable bonds is 25. The van der Waals surface area contributed by atoms with Crippen LogP contribution in [0.2, 0.25) is 0 Å². The highest BCUT2D eigenvalue weighted by molar-refractivity contribution is 7.86. The second-order valence-corrected chi connectivity index (χ2v) is 22.3. The van der Waals surface area contributed by atoms with Gasteiger partial charge in [0.15, 0.2) is 17.6 Å². The Bertz CT molecular complexity index is 3330. The standard InChI is InChI=1S/C44H57N7O20P2S2/c1-4-46-30-18-16-28-35(29-17-19-31(47-5-2)41(75(64,65)66)38(29)70-37(28)40(30)74(61,62)63)26-13-8-9-14-27(26)42(54)50(3)22-12-15-34(52)48-21-10-6-7-11-24-67-73(59,60)71-39-32(25-68-72(56,57)58)69-43(36(39)53)51-23-20-33(45)49-44(51)55/h8-9,13-14,16-20,23,32,36,39,43,46,53H,4-7,10-12,15,21-22,24-25H2,1-3H3,(H,48,52)(H,59,60)(H2,45,49,55)(H2,56,57,58)(H,61,62,63)(H,64,65,66)/t32-,36-,39-,43-/m1/s1. The third-order valence-electron chi connectivity index (χ3n) is 11.6. The number of aliphatic hydroxyl groups is 1. The van der Waals surface area contributed by atoms with Gasteiger partial charge in [-0.25, -0.2) is 27.3 Å².